The van der Waals surface area contributed by atoms with E-state index in [1.54, 1.807) is 0 Å². The van der Waals surface area contributed by atoms with E-state index >= 15 is 0 Å². The zero-order valence-corrected chi connectivity index (χ0v) is 8.75. The molecule has 1 aliphatic heterocycles. The van der Waals surface area contributed by atoms with Crippen LogP contribution >= 0.6 is 0 Å². The molecule has 1 fully saturated rings. The van der Waals surface area contributed by atoms with Crippen molar-refractivity contribution >= 4 is 11.5 Å². The Labute approximate surface area is 83.9 Å². The van der Waals surface area contributed by atoms with Crippen LogP contribution in [-0.2, 0) is 7.05 Å². The van der Waals surface area contributed by atoms with Gasteiger partial charge in [0, 0.05) is 33.2 Å². The van der Waals surface area contributed by atoms with E-state index in [0.717, 1.165) is 43.4 Å². The fraction of sp³-hybridized carbons (Fsp3) is 0.667. The first-order chi connectivity index (χ1) is 6.70. The number of nitrogens with zero attached hydrogens (tertiary/aromatic N) is 3. The molecular weight excluding hydrogens is 178 g/mol. The molecule has 1 saturated heterocycles. The molecule has 0 unspecified atom stereocenters. The highest BCUT2D eigenvalue weighted by atomic mass is 15.4. The second-order valence-electron chi connectivity index (χ2n) is 3.68. The minimum absolute atomic E-state index is 0.814. The van der Waals surface area contributed by atoms with Crippen molar-refractivity contribution in [1.29, 1.82) is 0 Å². The number of hydrogen-bond donors (Lipinski definition) is 2. The minimum atomic E-state index is 0.814. The first-order valence-electron chi connectivity index (χ1n) is 4.95. The van der Waals surface area contributed by atoms with Crippen LogP contribution < -0.4 is 16.0 Å². The van der Waals surface area contributed by atoms with Gasteiger partial charge in [0.05, 0.1) is 11.4 Å². The summed E-state index contributed by atoms with van der Waals surface area (Å²) in [7, 11) is 1.95. The first-order valence-corrected chi connectivity index (χ1v) is 4.95. The van der Waals surface area contributed by atoms with Gasteiger partial charge in [0.15, 0.2) is 0 Å². The average Bonchev–Trinajstić information content (AvgIpc) is 2.43. The number of nitrogens with two attached hydrogens (primary N) is 1. The van der Waals surface area contributed by atoms with Crippen molar-refractivity contribution in [1.82, 2.24) is 15.1 Å². The summed E-state index contributed by atoms with van der Waals surface area (Å²) >= 11 is 0. The second kappa shape index (κ2) is 3.49. The molecule has 0 atom stereocenters. The molecule has 78 valence electrons. The summed E-state index contributed by atoms with van der Waals surface area (Å²) in [6.07, 6.45) is 0. The monoisotopic (exact) mass is 195 g/mol. The molecule has 0 spiro atoms. The van der Waals surface area contributed by atoms with E-state index in [0.29, 0.717) is 0 Å². The molecule has 14 heavy (non-hydrogen) atoms. The van der Waals surface area contributed by atoms with Crippen molar-refractivity contribution in [3.8, 4) is 0 Å². The number of nitrogens with one attached hydrogen (secondary N) is 1. The SMILES string of the molecule is Cc1nn(C)c(N2CCNCC2)c1N. The Morgan fingerprint density at radius 3 is 2.50 bits per heavy atom. The number of rotatable bonds is 1. The highest BCUT2D eigenvalue weighted by Gasteiger charge is 2.18. The Balaban J connectivity index is 2.29. The molecule has 1 aromatic heterocycles. The first kappa shape index (κ1) is 9.33. The predicted octanol–water partition coefficient (Wildman–Crippen LogP) is -0.280. The van der Waals surface area contributed by atoms with Crippen LogP contribution in [0.25, 0.3) is 0 Å². The summed E-state index contributed by atoms with van der Waals surface area (Å²) < 4.78 is 1.87. The molecule has 1 aliphatic rings. The lowest BCUT2D eigenvalue weighted by atomic mass is 10.3. The molecule has 0 radical (unpaired) electrons. The number of anilines is 2. The maximum absolute atomic E-state index is 5.99. The largest absolute Gasteiger partial charge is 0.394 e. The Bertz CT molecular complexity index is 324. The zero-order chi connectivity index (χ0) is 10.1. The van der Waals surface area contributed by atoms with Gasteiger partial charge in [-0.25, -0.2) is 0 Å². The minimum Gasteiger partial charge on any atom is -0.394 e. The molecular formula is C9H17N5. The molecule has 2 rings (SSSR count). The molecule has 5 heteroatoms. The highest BCUT2D eigenvalue weighted by Crippen LogP contribution is 2.25. The fourth-order valence-electron chi connectivity index (χ4n) is 1.91. The van der Waals surface area contributed by atoms with Gasteiger partial charge < -0.3 is 16.0 Å². The van der Waals surface area contributed by atoms with E-state index in [-0.39, 0.29) is 0 Å². The van der Waals surface area contributed by atoms with Crippen LogP contribution in [0.4, 0.5) is 11.5 Å². The molecule has 1 aromatic rings. The quantitative estimate of drug-likeness (QED) is 0.647. The maximum Gasteiger partial charge on any atom is 0.150 e. The summed E-state index contributed by atoms with van der Waals surface area (Å²) in [6.45, 7) is 5.99. The lowest BCUT2D eigenvalue weighted by Gasteiger charge is -2.29. The number of hydrogen-bond acceptors (Lipinski definition) is 4. The van der Waals surface area contributed by atoms with Crippen LogP contribution in [0.5, 0.6) is 0 Å². The van der Waals surface area contributed by atoms with E-state index in [4.69, 9.17) is 5.73 Å². The van der Waals surface area contributed by atoms with Gasteiger partial charge in [-0.3, -0.25) is 4.68 Å². The number of piperazine rings is 1. The third-order valence-corrected chi connectivity index (χ3v) is 2.65. The van der Waals surface area contributed by atoms with Gasteiger partial charge in [-0.05, 0) is 6.92 Å². The van der Waals surface area contributed by atoms with Crippen molar-refractivity contribution in [2.24, 2.45) is 7.05 Å². The van der Waals surface area contributed by atoms with Crippen molar-refractivity contribution in [2.45, 2.75) is 6.92 Å². The lowest BCUT2D eigenvalue weighted by molar-refractivity contribution is 0.573. The fourth-order valence-corrected chi connectivity index (χ4v) is 1.91. The van der Waals surface area contributed by atoms with Crippen LogP contribution in [-0.4, -0.2) is 36.0 Å². The zero-order valence-electron chi connectivity index (χ0n) is 8.75. The molecule has 0 amide bonds. The topological polar surface area (TPSA) is 59.1 Å². The van der Waals surface area contributed by atoms with Gasteiger partial charge >= 0.3 is 0 Å². The van der Waals surface area contributed by atoms with Crippen LogP contribution in [0.2, 0.25) is 0 Å². The van der Waals surface area contributed by atoms with Crippen LogP contribution in [0.1, 0.15) is 5.69 Å². The number of aromatic nitrogens is 2. The van der Waals surface area contributed by atoms with Gasteiger partial charge in [-0.15, -0.1) is 0 Å². The van der Waals surface area contributed by atoms with Gasteiger partial charge in [0.2, 0.25) is 0 Å². The van der Waals surface area contributed by atoms with Gasteiger partial charge in [-0.2, -0.15) is 5.10 Å². The molecule has 3 N–H and O–H groups in total. The molecule has 0 aromatic carbocycles. The van der Waals surface area contributed by atoms with Crippen molar-refractivity contribution in [3.63, 3.8) is 0 Å². The van der Waals surface area contributed by atoms with Crippen molar-refractivity contribution in [3.05, 3.63) is 5.69 Å². The van der Waals surface area contributed by atoms with Crippen LogP contribution in [0.3, 0.4) is 0 Å². The summed E-state index contributed by atoms with van der Waals surface area (Å²) in [6, 6.07) is 0. The molecule has 0 bridgehead atoms. The second-order valence-corrected chi connectivity index (χ2v) is 3.68. The third kappa shape index (κ3) is 1.43. The highest BCUT2D eigenvalue weighted by molar-refractivity contribution is 5.66. The standard InChI is InChI=1S/C9H17N5/c1-7-8(10)9(13(2)12-7)14-5-3-11-4-6-14/h11H,3-6,10H2,1-2H3. The van der Waals surface area contributed by atoms with E-state index in [1.807, 2.05) is 18.7 Å². The van der Waals surface area contributed by atoms with E-state index in [9.17, 15) is 0 Å². The average molecular weight is 195 g/mol. The normalized spacial score (nSPS) is 17.4. The van der Waals surface area contributed by atoms with Gasteiger partial charge in [0.1, 0.15) is 5.82 Å². The van der Waals surface area contributed by atoms with Gasteiger partial charge in [0.25, 0.3) is 0 Å². The number of aryl methyl sites for hydroxylation is 2. The van der Waals surface area contributed by atoms with E-state index in [1.165, 1.54) is 0 Å². The maximum atomic E-state index is 5.99. The summed E-state index contributed by atoms with van der Waals surface area (Å²) in [5, 5.41) is 7.63. The Hall–Kier alpha value is -1.23. The smallest absolute Gasteiger partial charge is 0.150 e. The summed E-state index contributed by atoms with van der Waals surface area (Å²) in [5.74, 6) is 1.06. The van der Waals surface area contributed by atoms with Gasteiger partial charge in [-0.1, -0.05) is 0 Å². The summed E-state index contributed by atoms with van der Waals surface area (Å²) in [4.78, 5) is 2.28. The van der Waals surface area contributed by atoms with Crippen molar-refractivity contribution < 1.29 is 0 Å². The Kier molecular flexibility index (Phi) is 2.33. The summed E-state index contributed by atoms with van der Waals surface area (Å²) in [5.41, 5.74) is 7.72. The molecule has 5 nitrogen and oxygen atoms in total. The van der Waals surface area contributed by atoms with E-state index < -0.39 is 0 Å². The van der Waals surface area contributed by atoms with Crippen molar-refractivity contribution in [2.75, 3.05) is 36.8 Å². The van der Waals surface area contributed by atoms with Crippen LogP contribution in [0.15, 0.2) is 0 Å². The lowest BCUT2D eigenvalue weighted by Crippen LogP contribution is -2.44. The number of nitrogen functional groups attached to an aromatic ring is 1. The molecule has 2 heterocycles. The molecule has 0 saturated carbocycles. The Morgan fingerprint density at radius 2 is 2.00 bits per heavy atom. The Morgan fingerprint density at radius 1 is 1.36 bits per heavy atom. The van der Waals surface area contributed by atoms with E-state index in [2.05, 4.69) is 15.3 Å². The van der Waals surface area contributed by atoms with Crippen LogP contribution in [0, 0.1) is 6.92 Å². The predicted molar refractivity (Wildman–Crippen MR) is 57.4 cm³/mol. The molecule has 0 aliphatic carbocycles. The third-order valence-electron chi connectivity index (χ3n) is 2.65.